The zero-order valence-electron chi connectivity index (χ0n) is 22.9. The molecule has 0 aliphatic heterocycles. The predicted molar refractivity (Wildman–Crippen MR) is 144 cm³/mol. The molecule has 1 aliphatic carbocycles. The molecule has 1 rings (SSSR count). The molecule has 0 spiro atoms. The van der Waals surface area contributed by atoms with Gasteiger partial charge in [0.25, 0.3) is 0 Å². The third-order valence-corrected chi connectivity index (χ3v) is 12.0. The fourth-order valence-electron chi connectivity index (χ4n) is 4.28. The molecule has 184 valence electrons. The van der Waals surface area contributed by atoms with E-state index in [9.17, 15) is 4.79 Å². The number of hydrogen-bond donors (Lipinski definition) is 0. The van der Waals surface area contributed by atoms with Gasteiger partial charge in [-0.05, 0) is 73.7 Å². The second-order valence-electron chi connectivity index (χ2n) is 12.2. The lowest BCUT2D eigenvalue weighted by Gasteiger charge is -2.38. The van der Waals surface area contributed by atoms with Gasteiger partial charge in [0.1, 0.15) is 0 Å². The van der Waals surface area contributed by atoms with E-state index in [4.69, 9.17) is 4.43 Å². The Balaban J connectivity index is 2.77. The topological polar surface area (TPSA) is 26.3 Å². The van der Waals surface area contributed by atoms with Crippen molar-refractivity contribution in [3.05, 3.63) is 35.5 Å². The van der Waals surface area contributed by atoms with Crippen LogP contribution in [0.25, 0.3) is 0 Å². The molecule has 0 saturated carbocycles. The Morgan fingerprint density at radius 2 is 1.84 bits per heavy atom. The van der Waals surface area contributed by atoms with Gasteiger partial charge < -0.3 is 4.43 Å². The number of allylic oxidation sites excluding steroid dienone is 5. The normalized spacial score (nSPS) is 19.7. The second-order valence-corrected chi connectivity index (χ2v) is 17.0. The van der Waals surface area contributed by atoms with Crippen molar-refractivity contribution in [2.24, 2.45) is 11.3 Å². The Morgan fingerprint density at radius 1 is 1.19 bits per heavy atom. The van der Waals surface area contributed by atoms with Crippen molar-refractivity contribution in [2.45, 2.75) is 131 Å². The highest BCUT2D eigenvalue weighted by Crippen LogP contribution is 2.41. The van der Waals surface area contributed by atoms with E-state index in [1.54, 1.807) is 6.08 Å². The second kappa shape index (κ2) is 12.5. The third kappa shape index (κ3) is 9.51. The lowest BCUT2D eigenvalue weighted by Crippen LogP contribution is -2.43. The number of unbranched alkanes of at least 4 members (excludes halogenated alkanes) is 2. The summed E-state index contributed by atoms with van der Waals surface area (Å²) in [5.74, 6) is 0.445. The minimum Gasteiger partial charge on any atom is -0.411 e. The Labute approximate surface area is 201 Å². The molecule has 0 aromatic carbocycles. The summed E-state index contributed by atoms with van der Waals surface area (Å²) in [5, 5.41) is 0.173. The minimum atomic E-state index is -1.86. The van der Waals surface area contributed by atoms with Crippen LogP contribution in [0.3, 0.4) is 0 Å². The molecular formula is C29H52O2Si. The van der Waals surface area contributed by atoms with Gasteiger partial charge in [-0.15, -0.1) is 0 Å². The number of carbonyl (C=O) groups is 1. The Kier molecular flexibility index (Phi) is 11.4. The van der Waals surface area contributed by atoms with Crippen LogP contribution in [0.1, 0.15) is 107 Å². The predicted octanol–water partition coefficient (Wildman–Crippen LogP) is 9.19. The van der Waals surface area contributed by atoms with Gasteiger partial charge >= 0.3 is 0 Å². The molecule has 2 atom stereocenters. The summed E-state index contributed by atoms with van der Waals surface area (Å²) in [6.45, 7) is 22.7. The fraction of sp³-hybridized carbons (Fsp3) is 0.759. The maximum Gasteiger partial charge on any atom is 0.192 e. The molecule has 3 heteroatoms. The molecule has 2 nitrogen and oxygen atoms in total. The van der Waals surface area contributed by atoms with Crippen LogP contribution in [0.15, 0.2) is 35.5 Å². The first kappa shape index (κ1) is 29.1. The summed E-state index contributed by atoms with van der Waals surface area (Å²) in [6, 6.07) is 0. The van der Waals surface area contributed by atoms with Crippen molar-refractivity contribution < 1.29 is 9.22 Å². The van der Waals surface area contributed by atoms with Crippen LogP contribution in [0.4, 0.5) is 0 Å². The molecule has 1 aliphatic rings. The van der Waals surface area contributed by atoms with Crippen LogP contribution in [-0.2, 0) is 9.22 Å². The summed E-state index contributed by atoms with van der Waals surface area (Å²) in [7, 11) is -1.86. The molecule has 0 aromatic heterocycles. The van der Waals surface area contributed by atoms with Crippen molar-refractivity contribution >= 4 is 14.1 Å². The molecule has 0 saturated heterocycles. The molecule has 0 fully saturated rings. The summed E-state index contributed by atoms with van der Waals surface area (Å²) in [6.07, 6.45) is 17.3. The van der Waals surface area contributed by atoms with Gasteiger partial charge in [0, 0.05) is 6.42 Å². The van der Waals surface area contributed by atoms with E-state index < -0.39 is 8.32 Å². The fourth-order valence-corrected chi connectivity index (χ4v) is 5.59. The van der Waals surface area contributed by atoms with Crippen LogP contribution in [-0.4, -0.2) is 20.2 Å². The van der Waals surface area contributed by atoms with E-state index in [0.717, 1.165) is 12.8 Å². The van der Waals surface area contributed by atoms with Crippen LogP contribution in [0.2, 0.25) is 18.1 Å². The first-order chi connectivity index (χ1) is 14.7. The summed E-state index contributed by atoms with van der Waals surface area (Å²) in [5.41, 5.74) is 3.22. The number of hydrogen-bond acceptors (Lipinski definition) is 2. The monoisotopic (exact) mass is 460 g/mol. The summed E-state index contributed by atoms with van der Waals surface area (Å²) < 4.78 is 6.65. The maximum atomic E-state index is 12.7. The smallest absolute Gasteiger partial charge is 0.192 e. The highest BCUT2D eigenvalue weighted by Gasteiger charge is 2.38. The van der Waals surface area contributed by atoms with E-state index in [0.29, 0.717) is 6.42 Å². The van der Waals surface area contributed by atoms with E-state index in [1.807, 2.05) is 6.08 Å². The van der Waals surface area contributed by atoms with Gasteiger partial charge in [-0.25, -0.2) is 0 Å². The molecule has 32 heavy (non-hydrogen) atoms. The Morgan fingerprint density at radius 3 is 2.41 bits per heavy atom. The van der Waals surface area contributed by atoms with Gasteiger partial charge in [-0.3, -0.25) is 4.79 Å². The van der Waals surface area contributed by atoms with Crippen molar-refractivity contribution in [3.8, 4) is 0 Å². The van der Waals surface area contributed by atoms with Crippen LogP contribution in [0, 0.1) is 11.3 Å². The van der Waals surface area contributed by atoms with Crippen molar-refractivity contribution in [1.82, 2.24) is 0 Å². The minimum absolute atomic E-state index is 0.0492. The first-order valence-electron chi connectivity index (χ1n) is 13.0. The van der Waals surface area contributed by atoms with Gasteiger partial charge in [-0.1, -0.05) is 91.5 Å². The number of ketones is 1. The maximum absolute atomic E-state index is 12.7. The SMILES string of the molecule is CCCCCC(/C=C/C(=O)CC(C)/C=C/C1=C(C)CCCC1(C)C)O[Si](C)(C)C(C)(C)C. The molecular weight excluding hydrogens is 408 g/mol. The van der Waals surface area contributed by atoms with Crippen LogP contribution >= 0.6 is 0 Å². The lowest BCUT2D eigenvalue weighted by atomic mass is 9.72. The third-order valence-electron chi connectivity index (χ3n) is 7.50. The highest BCUT2D eigenvalue weighted by atomic mass is 28.4. The van der Waals surface area contributed by atoms with E-state index in [2.05, 4.69) is 80.6 Å². The van der Waals surface area contributed by atoms with Crippen LogP contribution < -0.4 is 0 Å². The Hall–Kier alpha value is -0.933. The van der Waals surface area contributed by atoms with Crippen molar-refractivity contribution in [3.63, 3.8) is 0 Å². The summed E-state index contributed by atoms with van der Waals surface area (Å²) >= 11 is 0. The van der Waals surface area contributed by atoms with E-state index >= 15 is 0 Å². The zero-order valence-corrected chi connectivity index (χ0v) is 23.9. The van der Waals surface area contributed by atoms with Crippen molar-refractivity contribution in [1.29, 1.82) is 0 Å². The molecule has 0 bridgehead atoms. The molecule has 0 aromatic rings. The van der Waals surface area contributed by atoms with Gasteiger partial charge in [0.2, 0.25) is 0 Å². The van der Waals surface area contributed by atoms with Crippen molar-refractivity contribution in [2.75, 3.05) is 0 Å². The molecule has 0 amide bonds. The standard InChI is InChI=1S/C29H52O2Si/c1-11-12-13-16-26(31-32(9,10)28(4,5)6)19-18-25(30)22-23(2)17-20-27-24(3)15-14-21-29(27,7)8/h17-20,23,26H,11-16,21-22H2,1-10H3/b19-18+,20-17+. The summed E-state index contributed by atoms with van der Waals surface area (Å²) in [4.78, 5) is 12.7. The number of rotatable bonds is 12. The highest BCUT2D eigenvalue weighted by molar-refractivity contribution is 6.74. The van der Waals surface area contributed by atoms with E-state index in [1.165, 1.54) is 43.3 Å². The largest absolute Gasteiger partial charge is 0.411 e. The van der Waals surface area contributed by atoms with E-state index in [-0.39, 0.29) is 28.3 Å². The quantitative estimate of drug-likeness (QED) is 0.165. The average Bonchev–Trinajstić information content (AvgIpc) is 2.64. The van der Waals surface area contributed by atoms with Crippen LogP contribution in [0.5, 0.6) is 0 Å². The lowest BCUT2D eigenvalue weighted by molar-refractivity contribution is -0.115. The average molecular weight is 461 g/mol. The zero-order chi connectivity index (χ0) is 24.6. The Bertz CT molecular complexity index is 688. The molecule has 0 heterocycles. The van der Waals surface area contributed by atoms with Gasteiger partial charge in [0.05, 0.1) is 6.10 Å². The molecule has 2 unspecified atom stereocenters. The number of carbonyl (C=O) groups excluding carboxylic acids is 1. The first-order valence-corrected chi connectivity index (χ1v) is 15.9. The molecule has 0 radical (unpaired) electrons. The van der Waals surface area contributed by atoms with Gasteiger partial charge in [0.15, 0.2) is 14.1 Å². The van der Waals surface area contributed by atoms with Gasteiger partial charge in [-0.2, -0.15) is 0 Å². The molecule has 0 N–H and O–H groups in total.